The van der Waals surface area contributed by atoms with Crippen molar-refractivity contribution in [3.8, 4) is 0 Å². The third-order valence-electron chi connectivity index (χ3n) is 5.93. The lowest BCUT2D eigenvalue weighted by molar-refractivity contribution is 0.589. The van der Waals surface area contributed by atoms with Crippen molar-refractivity contribution in [2.24, 2.45) is 0 Å². The van der Waals surface area contributed by atoms with Gasteiger partial charge in [0, 0.05) is 14.6 Å². The lowest BCUT2D eigenvalue weighted by Crippen LogP contribution is -2.26. The van der Waals surface area contributed by atoms with E-state index in [-0.39, 0.29) is 5.41 Å². The van der Waals surface area contributed by atoms with Crippen molar-refractivity contribution in [3.05, 3.63) is 98.4 Å². The van der Waals surface area contributed by atoms with Gasteiger partial charge in [0.2, 0.25) is 0 Å². The molecular weight excluding hydrogens is 486 g/mol. The summed E-state index contributed by atoms with van der Waals surface area (Å²) in [6, 6.07) is 27.6. The Morgan fingerprint density at radius 2 is 1.07 bits per heavy atom. The molecule has 0 N–H and O–H groups in total. The molecule has 1 fully saturated rings. The van der Waals surface area contributed by atoms with Gasteiger partial charge in [0.25, 0.3) is 0 Å². The fourth-order valence-corrected chi connectivity index (χ4v) is 4.86. The van der Waals surface area contributed by atoms with Crippen molar-refractivity contribution in [2.75, 3.05) is 4.90 Å². The number of hydrogen-bond donors (Lipinski definition) is 0. The molecule has 2 atom stereocenters. The lowest BCUT2D eigenvalue weighted by atomic mass is 9.87. The molecule has 1 nitrogen and oxygen atoms in total. The molecule has 150 valence electrons. The Balaban J connectivity index is 1.74. The van der Waals surface area contributed by atoms with Crippen LogP contribution in [0.3, 0.4) is 0 Å². The van der Waals surface area contributed by atoms with Crippen LogP contribution in [-0.2, 0) is 5.41 Å². The van der Waals surface area contributed by atoms with E-state index in [1.54, 1.807) is 0 Å². The van der Waals surface area contributed by atoms with Crippen LogP contribution in [0, 0.1) is 0 Å². The summed E-state index contributed by atoms with van der Waals surface area (Å²) >= 11 is 7.16. The largest absolute Gasteiger partial charge is 0.357 e. The zero-order valence-corrected chi connectivity index (χ0v) is 20.4. The fraction of sp³-hybridized carbons (Fsp3) is 0.308. The van der Waals surface area contributed by atoms with E-state index >= 15 is 0 Å². The Bertz CT molecular complexity index is 900. The van der Waals surface area contributed by atoms with E-state index in [9.17, 15) is 0 Å². The van der Waals surface area contributed by atoms with Gasteiger partial charge in [0.15, 0.2) is 0 Å². The minimum atomic E-state index is 0.166. The molecule has 0 saturated carbocycles. The van der Waals surface area contributed by atoms with E-state index in [0.29, 0.717) is 12.1 Å². The molecule has 0 aromatic heterocycles. The average molecular weight is 513 g/mol. The summed E-state index contributed by atoms with van der Waals surface area (Å²) in [5, 5.41) is 0. The molecule has 1 heterocycles. The van der Waals surface area contributed by atoms with Gasteiger partial charge in [-0.05, 0) is 71.3 Å². The van der Waals surface area contributed by atoms with Gasteiger partial charge in [0.05, 0.1) is 12.1 Å². The Morgan fingerprint density at radius 1 is 0.655 bits per heavy atom. The summed E-state index contributed by atoms with van der Waals surface area (Å²) < 4.78 is 2.26. The molecule has 4 rings (SSSR count). The summed E-state index contributed by atoms with van der Waals surface area (Å²) in [6.07, 6.45) is 2.31. The highest BCUT2D eigenvalue weighted by Gasteiger charge is 2.35. The van der Waals surface area contributed by atoms with Crippen LogP contribution in [0.4, 0.5) is 5.69 Å². The minimum absolute atomic E-state index is 0.166. The number of hydrogen-bond acceptors (Lipinski definition) is 1. The third kappa shape index (κ3) is 4.46. The fourth-order valence-electron chi connectivity index (χ4n) is 4.33. The van der Waals surface area contributed by atoms with Crippen molar-refractivity contribution >= 4 is 37.5 Å². The van der Waals surface area contributed by atoms with Crippen LogP contribution in [0.15, 0.2) is 81.7 Å². The molecule has 1 aliphatic rings. The maximum atomic E-state index is 3.58. The van der Waals surface area contributed by atoms with Gasteiger partial charge in [-0.3, -0.25) is 0 Å². The van der Waals surface area contributed by atoms with Gasteiger partial charge < -0.3 is 4.90 Å². The second-order valence-corrected chi connectivity index (χ2v) is 10.7. The second-order valence-electron chi connectivity index (χ2n) is 8.92. The topological polar surface area (TPSA) is 3.24 Å². The molecule has 0 amide bonds. The summed E-state index contributed by atoms with van der Waals surface area (Å²) in [7, 11) is 0. The highest BCUT2D eigenvalue weighted by atomic mass is 79.9. The molecule has 0 spiro atoms. The van der Waals surface area contributed by atoms with Crippen LogP contribution >= 0.6 is 31.9 Å². The van der Waals surface area contributed by atoms with Gasteiger partial charge in [-0.2, -0.15) is 0 Å². The quantitative estimate of drug-likeness (QED) is 0.339. The number of halogens is 2. The number of rotatable bonds is 3. The monoisotopic (exact) mass is 511 g/mol. The van der Waals surface area contributed by atoms with Crippen molar-refractivity contribution in [1.29, 1.82) is 0 Å². The summed E-state index contributed by atoms with van der Waals surface area (Å²) in [5.74, 6) is 0. The van der Waals surface area contributed by atoms with E-state index < -0.39 is 0 Å². The van der Waals surface area contributed by atoms with Crippen LogP contribution < -0.4 is 4.90 Å². The Hall–Kier alpha value is -1.58. The van der Waals surface area contributed by atoms with Gasteiger partial charge >= 0.3 is 0 Å². The first-order valence-corrected chi connectivity index (χ1v) is 11.8. The zero-order chi connectivity index (χ0) is 20.6. The standard InChI is InChI=1S/C26H27Br2N/c1-26(2,3)20-8-14-23(15-9-20)29-24(18-4-10-21(27)11-5-18)16-17-25(29)19-6-12-22(28)13-7-19/h4-15,24-25H,16-17H2,1-3H3. The van der Waals surface area contributed by atoms with Crippen LogP contribution in [0.25, 0.3) is 0 Å². The molecule has 1 saturated heterocycles. The molecule has 0 bridgehead atoms. The van der Waals surface area contributed by atoms with E-state index in [4.69, 9.17) is 0 Å². The molecule has 1 aliphatic heterocycles. The van der Waals surface area contributed by atoms with E-state index in [0.717, 1.165) is 21.8 Å². The van der Waals surface area contributed by atoms with Gasteiger partial charge in [-0.25, -0.2) is 0 Å². The summed E-state index contributed by atoms with van der Waals surface area (Å²) in [4.78, 5) is 2.62. The Kier molecular flexibility index (Phi) is 5.90. The highest BCUT2D eigenvalue weighted by Crippen LogP contribution is 2.47. The van der Waals surface area contributed by atoms with Crippen molar-refractivity contribution < 1.29 is 0 Å². The SMILES string of the molecule is CC(C)(C)c1ccc(N2C(c3ccc(Br)cc3)CCC2c2ccc(Br)cc2)cc1. The smallest absolute Gasteiger partial charge is 0.0549 e. The molecule has 0 radical (unpaired) electrons. The third-order valence-corrected chi connectivity index (χ3v) is 6.98. The predicted molar refractivity (Wildman–Crippen MR) is 131 cm³/mol. The maximum Gasteiger partial charge on any atom is 0.0549 e. The van der Waals surface area contributed by atoms with Crippen LogP contribution in [-0.4, -0.2) is 0 Å². The minimum Gasteiger partial charge on any atom is -0.357 e. The molecule has 2 unspecified atom stereocenters. The molecular formula is C26H27Br2N. The first-order chi connectivity index (χ1) is 13.8. The van der Waals surface area contributed by atoms with Crippen LogP contribution in [0.1, 0.15) is 62.4 Å². The molecule has 0 aliphatic carbocycles. The molecule has 29 heavy (non-hydrogen) atoms. The number of anilines is 1. The maximum absolute atomic E-state index is 3.58. The van der Waals surface area contributed by atoms with Crippen molar-refractivity contribution in [3.63, 3.8) is 0 Å². The van der Waals surface area contributed by atoms with E-state index in [2.05, 4.69) is 130 Å². The number of nitrogens with zero attached hydrogens (tertiary/aromatic N) is 1. The second kappa shape index (κ2) is 8.28. The molecule has 3 aromatic rings. The average Bonchev–Trinajstić information content (AvgIpc) is 3.13. The normalized spacial score (nSPS) is 19.6. The predicted octanol–water partition coefficient (Wildman–Crippen LogP) is 8.59. The zero-order valence-electron chi connectivity index (χ0n) is 17.2. The summed E-state index contributed by atoms with van der Waals surface area (Å²) in [6.45, 7) is 6.81. The van der Waals surface area contributed by atoms with Gasteiger partial charge in [-0.15, -0.1) is 0 Å². The number of benzene rings is 3. The molecule has 3 aromatic carbocycles. The first kappa shape index (κ1) is 20.7. The van der Waals surface area contributed by atoms with Crippen LogP contribution in [0.2, 0.25) is 0 Å². The van der Waals surface area contributed by atoms with E-state index in [1.807, 2.05) is 0 Å². The first-order valence-electron chi connectivity index (χ1n) is 10.2. The highest BCUT2D eigenvalue weighted by molar-refractivity contribution is 9.10. The van der Waals surface area contributed by atoms with Gasteiger partial charge in [0.1, 0.15) is 0 Å². The van der Waals surface area contributed by atoms with Gasteiger partial charge in [-0.1, -0.05) is 89.0 Å². The van der Waals surface area contributed by atoms with Crippen molar-refractivity contribution in [1.82, 2.24) is 0 Å². The van der Waals surface area contributed by atoms with E-state index in [1.165, 1.54) is 22.4 Å². The summed E-state index contributed by atoms with van der Waals surface area (Å²) in [5.41, 5.74) is 5.61. The molecule has 3 heteroatoms. The lowest BCUT2D eigenvalue weighted by Gasteiger charge is -2.34. The van der Waals surface area contributed by atoms with Crippen LogP contribution in [0.5, 0.6) is 0 Å². The Labute approximate surface area is 191 Å². The van der Waals surface area contributed by atoms with Crippen molar-refractivity contribution in [2.45, 2.75) is 51.1 Å². The Morgan fingerprint density at radius 3 is 1.45 bits per heavy atom.